The third-order valence-electron chi connectivity index (χ3n) is 20.7. The second-order valence-corrected chi connectivity index (χ2v) is 27.8. The normalized spacial score (nSPS) is 11.1. The molecule has 16 aromatic carbocycles. The van der Waals surface area contributed by atoms with Crippen molar-refractivity contribution < 1.29 is 23.7 Å². The lowest BCUT2D eigenvalue weighted by molar-refractivity contribution is -0.108. The molecule has 0 atom stereocenters. The molecule has 0 unspecified atom stereocenters. The highest BCUT2D eigenvalue weighted by Gasteiger charge is 2.35. The average molecular weight is 1530 g/mol. The third-order valence-corrected chi connectivity index (χ3v) is 20.7. The van der Waals surface area contributed by atoms with Crippen molar-refractivity contribution >= 4 is 28.1 Å². The van der Waals surface area contributed by atoms with Crippen LogP contribution in [0.5, 0.6) is 23.0 Å². The summed E-state index contributed by atoms with van der Waals surface area (Å²) in [4.78, 5) is 14.0. The number of terminal acetylenes is 2. The van der Waals surface area contributed by atoms with Gasteiger partial charge in [-0.1, -0.05) is 414 Å². The van der Waals surface area contributed by atoms with E-state index in [9.17, 15) is 4.79 Å². The van der Waals surface area contributed by atoms with E-state index < -0.39 is 0 Å². The number of carbonyl (C=O) groups is 1. The van der Waals surface area contributed by atoms with Crippen LogP contribution in [0.2, 0.25) is 0 Å². The summed E-state index contributed by atoms with van der Waals surface area (Å²) in [5, 5.41) is 0. The second kappa shape index (κ2) is 40.6. The molecule has 0 spiro atoms. The smallest absolute Gasteiger partial charge is 0.195 e. The van der Waals surface area contributed by atoms with Gasteiger partial charge in [-0.25, -0.2) is 0 Å². The molecule has 17 rings (SSSR count). The summed E-state index contributed by atoms with van der Waals surface area (Å²) in [6.45, 7) is 4.23. The lowest BCUT2D eigenvalue weighted by Gasteiger charge is -2.20. The molecule has 0 amide bonds. The maximum Gasteiger partial charge on any atom is 0.195 e. The number of hydrogen-bond donors (Lipinski definition) is 0. The highest BCUT2D eigenvalue weighted by Crippen LogP contribution is 2.51. The topological polar surface area (TPSA) is 54.0 Å². The molecule has 0 N–H and O–H groups in total. The van der Waals surface area contributed by atoms with Crippen LogP contribution in [0.1, 0.15) is 58.4 Å². The Balaban J connectivity index is 0.000000133. The van der Waals surface area contributed by atoms with E-state index >= 15 is 0 Å². The Morgan fingerprint density at radius 1 is 0.220 bits per heavy atom. The molecule has 0 bridgehead atoms. The number of aryl methyl sites for hydroxylation is 2. The van der Waals surface area contributed by atoms with Crippen LogP contribution >= 0.6 is 0 Å². The Kier molecular flexibility index (Phi) is 27.9. The van der Waals surface area contributed by atoms with Gasteiger partial charge in [-0.15, -0.1) is 12.8 Å². The molecule has 0 radical (unpaired) electrons. The highest BCUT2D eigenvalue weighted by atomic mass is 16.5. The van der Waals surface area contributed by atoms with Crippen molar-refractivity contribution in [3.05, 3.63) is 457 Å². The van der Waals surface area contributed by atoms with Gasteiger partial charge >= 0.3 is 0 Å². The lowest BCUT2D eigenvalue weighted by atomic mass is 9.83. The number of Topliss-reactive ketones (excluding diaryl/α,β-unsaturated/α-hetero) is 1. The van der Waals surface area contributed by atoms with Crippen molar-refractivity contribution in [2.75, 3.05) is 28.4 Å². The van der Waals surface area contributed by atoms with E-state index in [1.807, 2.05) is 97.1 Å². The van der Waals surface area contributed by atoms with Crippen molar-refractivity contribution in [3.8, 4) is 137 Å². The SMILES string of the molecule is C#Cc1cc(OC)c(C#C)cc1OC.CCc1cc(OC)c(CC)cc1OC.O=C1C(c2ccccc2)=C(c2ccccc2)C(c2ccccc2)=C1c1ccccc1.c1ccc(-c2ccc(-c3ccccc3)c(-c3ccccc3)c2-c2ccccc2)cc1.c1ccc(-c2ccc(-c3ccccc3)c(-c3ccccc3)c2-c2ccccc2)cc1. The Morgan fingerprint density at radius 2 is 0.398 bits per heavy atom. The first-order valence-electron chi connectivity index (χ1n) is 39.7. The second-order valence-electron chi connectivity index (χ2n) is 27.8. The van der Waals surface area contributed by atoms with Gasteiger partial charge in [0.15, 0.2) is 5.78 Å². The Morgan fingerprint density at radius 3 is 0.576 bits per heavy atom. The van der Waals surface area contributed by atoms with Gasteiger partial charge in [-0.3, -0.25) is 4.79 Å². The zero-order valence-corrected chi connectivity index (χ0v) is 67.4. The van der Waals surface area contributed by atoms with Crippen LogP contribution < -0.4 is 18.9 Å². The fourth-order valence-electron chi connectivity index (χ4n) is 15.1. The molecule has 1 aliphatic rings. The summed E-state index contributed by atoms with van der Waals surface area (Å²) in [5.41, 5.74) is 31.1. The minimum absolute atomic E-state index is 0.0742. The number of rotatable bonds is 18. The van der Waals surface area contributed by atoms with E-state index in [-0.39, 0.29) is 5.78 Å². The van der Waals surface area contributed by atoms with Gasteiger partial charge in [-0.05, 0) is 147 Å². The Bertz CT molecular complexity index is 5510. The van der Waals surface area contributed by atoms with E-state index in [2.05, 4.69) is 329 Å². The molecule has 0 aliphatic heterocycles. The molecule has 0 aromatic heterocycles. The van der Waals surface area contributed by atoms with Gasteiger partial charge in [0.1, 0.15) is 23.0 Å². The van der Waals surface area contributed by atoms with Gasteiger partial charge in [0.2, 0.25) is 0 Å². The minimum atomic E-state index is 0.0742. The van der Waals surface area contributed by atoms with Gasteiger partial charge in [0, 0.05) is 34.4 Å². The number of ether oxygens (including phenoxy) is 4. The first kappa shape index (κ1) is 81.0. The first-order chi connectivity index (χ1) is 58.2. The lowest BCUT2D eigenvalue weighted by Crippen LogP contribution is -2.01. The predicted molar refractivity (Wildman–Crippen MR) is 494 cm³/mol. The largest absolute Gasteiger partial charge is 0.496 e. The summed E-state index contributed by atoms with van der Waals surface area (Å²) in [5.74, 6) is 8.17. The maximum absolute atomic E-state index is 14.0. The van der Waals surface area contributed by atoms with Crippen LogP contribution in [0.4, 0.5) is 0 Å². The number of methoxy groups -OCH3 is 4. The summed E-state index contributed by atoms with van der Waals surface area (Å²) in [6, 6.07) is 143. The van der Waals surface area contributed by atoms with Crippen molar-refractivity contribution in [1.82, 2.24) is 0 Å². The fraction of sp³-hybridized carbons (Fsp3) is 0.0708. The quantitative estimate of drug-likeness (QED) is 0.0802. The molecule has 0 fully saturated rings. The third kappa shape index (κ3) is 18.9. The summed E-state index contributed by atoms with van der Waals surface area (Å²) < 4.78 is 20.8. The maximum atomic E-state index is 14.0. The van der Waals surface area contributed by atoms with E-state index in [1.54, 1.807) is 40.6 Å². The van der Waals surface area contributed by atoms with Gasteiger partial charge in [0.05, 0.1) is 39.6 Å². The summed E-state index contributed by atoms with van der Waals surface area (Å²) in [6.07, 6.45) is 12.5. The average Bonchev–Trinajstić information content (AvgIpc) is 1.54. The van der Waals surface area contributed by atoms with Crippen LogP contribution in [-0.2, 0) is 17.6 Å². The number of allylic oxidation sites excluding steroid dienone is 4. The summed E-state index contributed by atoms with van der Waals surface area (Å²) >= 11 is 0. The first-order valence-corrected chi connectivity index (χ1v) is 39.7. The molecule has 0 saturated heterocycles. The van der Waals surface area contributed by atoms with Crippen molar-refractivity contribution in [3.63, 3.8) is 0 Å². The molecular weight excluding hydrogens is 1440 g/mol. The van der Waals surface area contributed by atoms with E-state index in [4.69, 9.17) is 31.8 Å². The van der Waals surface area contributed by atoms with Gasteiger partial charge < -0.3 is 18.9 Å². The van der Waals surface area contributed by atoms with E-state index in [1.165, 1.54) is 100 Å². The zero-order valence-electron chi connectivity index (χ0n) is 67.4. The zero-order chi connectivity index (χ0) is 81.8. The van der Waals surface area contributed by atoms with Crippen molar-refractivity contribution in [1.29, 1.82) is 0 Å². The Hall–Kier alpha value is -15.0. The van der Waals surface area contributed by atoms with Crippen molar-refractivity contribution in [2.24, 2.45) is 0 Å². The molecule has 5 heteroatoms. The molecule has 0 saturated carbocycles. The molecule has 574 valence electrons. The number of ketones is 1. The van der Waals surface area contributed by atoms with Gasteiger partial charge in [0.25, 0.3) is 0 Å². The molecular formula is C113H92O5. The Labute approximate surface area is 696 Å². The van der Waals surface area contributed by atoms with E-state index in [0.29, 0.717) is 22.6 Å². The van der Waals surface area contributed by atoms with Crippen LogP contribution in [0.3, 0.4) is 0 Å². The van der Waals surface area contributed by atoms with Crippen LogP contribution in [-0.4, -0.2) is 34.2 Å². The van der Waals surface area contributed by atoms with Crippen LogP contribution in [0.25, 0.3) is 111 Å². The van der Waals surface area contributed by atoms with Crippen molar-refractivity contribution in [2.45, 2.75) is 26.7 Å². The molecule has 5 nitrogen and oxygen atoms in total. The van der Waals surface area contributed by atoms with Gasteiger partial charge in [-0.2, -0.15) is 0 Å². The predicted octanol–water partition coefficient (Wildman–Crippen LogP) is 28.0. The van der Waals surface area contributed by atoms with Crippen LogP contribution in [0.15, 0.2) is 413 Å². The molecule has 118 heavy (non-hydrogen) atoms. The molecule has 16 aromatic rings. The standard InChI is InChI=1S/2C30H22.C29H20O.C12H18O2.C12H10O2/c2*1-5-13-23(14-6-1)27-21-22-28(24-15-7-2-8-16-24)30(26-19-11-4-12-20-26)29(27)25-17-9-3-10-18-25;30-29-27(23-17-9-3-10-18-23)25(21-13-5-1-6-14-21)26(22-15-7-2-8-16-22)28(29)24-19-11-4-12-20-24;2*1-5-9-7-12(14-4)10(6-2)8-11(9)13-3/h2*1-22H;1-20H;7-8H,5-6H2,1-4H3;1-2,7-8H,3-4H3. The highest BCUT2D eigenvalue weighted by molar-refractivity contribution is 6.59. The fourth-order valence-corrected chi connectivity index (χ4v) is 15.1. The van der Waals surface area contributed by atoms with E-state index in [0.717, 1.165) is 68.9 Å². The number of benzene rings is 16. The van der Waals surface area contributed by atoms with Crippen LogP contribution in [0, 0.1) is 24.7 Å². The molecule has 0 heterocycles. The monoisotopic (exact) mass is 1530 g/mol. The molecule has 1 aliphatic carbocycles. The minimum Gasteiger partial charge on any atom is -0.496 e. The number of carbonyl (C=O) groups excluding carboxylic acids is 1. The number of hydrogen-bond acceptors (Lipinski definition) is 5. The summed E-state index contributed by atoms with van der Waals surface area (Å²) in [7, 11) is 6.51.